The number of para-hydroxylation sites is 1. The van der Waals surface area contributed by atoms with Gasteiger partial charge in [-0.05, 0) is 25.0 Å². The molecule has 2 rings (SSSR count). The molecule has 2 N–H and O–H groups in total. The Bertz CT molecular complexity index is 493. The second kappa shape index (κ2) is 5.93. The maximum absolute atomic E-state index is 12.1. The van der Waals surface area contributed by atoms with Gasteiger partial charge in [-0.15, -0.1) is 0 Å². The van der Waals surface area contributed by atoms with Crippen molar-refractivity contribution in [3.63, 3.8) is 0 Å². The fourth-order valence-electron chi connectivity index (χ4n) is 2.12. The van der Waals surface area contributed by atoms with Gasteiger partial charge < -0.3 is 15.3 Å². The van der Waals surface area contributed by atoms with Crippen LogP contribution in [0.25, 0.3) is 0 Å². The highest BCUT2D eigenvalue weighted by molar-refractivity contribution is 6.33. The number of carbonyl (C=O) groups excluding carboxylic acids is 1. The summed E-state index contributed by atoms with van der Waals surface area (Å²) in [6.45, 7) is 0.811. The average Bonchev–Trinajstić information content (AvgIpc) is 2.41. The largest absolute Gasteiger partial charge is 0.481 e. The molecule has 1 aromatic carbocycles. The fourth-order valence-corrected chi connectivity index (χ4v) is 2.30. The number of piperidine rings is 1. The van der Waals surface area contributed by atoms with Crippen molar-refractivity contribution in [1.29, 1.82) is 0 Å². The third kappa shape index (κ3) is 3.38. The Morgan fingerprint density at radius 2 is 2.11 bits per heavy atom. The number of hydrogen-bond donors (Lipinski definition) is 2. The highest BCUT2D eigenvalue weighted by atomic mass is 35.5. The third-order valence-electron chi connectivity index (χ3n) is 3.17. The Balaban J connectivity index is 2.00. The number of nitrogens with one attached hydrogen (secondary N) is 1. The number of rotatable bonds is 2. The molecule has 1 aliphatic heterocycles. The number of benzene rings is 1. The van der Waals surface area contributed by atoms with Gasteiger partial charge in [-0.1, -0.05) is 23.7 Å². The molecule has 1 unspecified atom stereocenters. The molecule has 1 fully saturated rings. The monoisotopic (exact) mass is 282 g/mol. The van der Waals surface area contributed by atoms with Gasteiger partial charge in [0.25, 0.3) is 0 Å². The first-order chi connectivity index (χ1) is 9.08. The molecule has 1 aliphatic rings. The molecule has 2 amide bonds. The Morgan fingerprint density at radius 3 is 2.79 bits per heavy atom. The minimum atomic E-state index is -0.852. The smallest absolute Gasteiger partial charge is 0.321 e. The number of urea groups is 1. The van der Waals surface area contributed by atoms with E-state index in [1.54, 1.807) is 24.3 Å². The van der Waals surface area contributed by atoms with Crippen molar-refractivity contribution in [2.45, 2.75) is 12.8 Å². The van der Waals surface area contributed by atoms with E-state index in [1.165, 1.54) is 4.90 Å². The van der Waals surface area contributed by atoms with E-state index in [9.17, 15) is 9.59 Å². The maximum atomic E-state index is 12.1. The van der Waals surface area contributed by atoms with Gasteiger partial charge in [-0.2, -0.15) is 0 Å². The number of hydrogen-bond acceptors (Lipinski definition) is 2. The number of halogens is 1. The van der Waals surface area contributed by atoms with Crippen molar-refractivity contribution in [1.82, 2.24) is 4.90 Å². The van der Waals surface area contributed by atoms with Gasteiger partial charge in [0.2, 0.25) is 0 Å². The molecule has 6 heteroatoms. The maximum Gasteiger partial charge on any atom is 0.321 e. The van der Waals surface area contributed by atoms with Crippen LogP contribution in [-0.4, -0.2) is 35.1 Å². The van der Waals surface area contributed by atoms with Crippen molar-refractivity contribution in [2.24, 2.45) is 5.92 Å². The van der Waals surface area contributed by atoms with Crippen LogP contribution in [0.1, 0.15) is 12.8 Å². The molecule has 0 spiro atoms. The van der Waals surface area contributed by atoms with Gasteiger partial charge in [0.1, 0.15) is 0 Å². The lowest BCUT2D eigenvalue weighted by atomic mass is 9.99. The number of nitrogens with zero attached hydrogens (tertiary/aromatic N) is 1. The van der Waals surface area contributed by atoms with Gasteiger partial charge in [-0.3, -0.25) is 4.79 Å². The molecular formula is C13H15ClN2O3. The van der Waals surface area contributed by atoms with E-state index in [4.69, 9.17) is 16.7 Å². The Hall–Kier alpha value is -1.75. The number of anilines is 1. The van der Waals surface area contributed by atoms with E-state index in [0.29, 0.717) is 30.1 Å². The van der Waals surface area contributed by atoms with Crippen LogP contribution in [0.2, 0.25) is 5.02 Å². The third-order valence-corrected chi connectivity index (χ3v) is 3.50. The summed E-state index contributed by atoms with van der Waals surface area (Å²) in [7, 11) is 0. The fraction of sp³-hybridized carbons (Fsp3) is 0.385. The first-order valence-corrected chi connectivity index (χ1v) is 6.49. The summed E-state index contributed by atoms with van der Waals surface area (Å²) in [5, 5.41) is 12.2. The molecule has 0 aromatic heterocycles. The van der Waals surface area contributed by atoms with Gasteiger partial charge in [-0.25, -0.2) is 4.79 Å². The van der Waals surface area contributed by atoms with Gasteiger partial charge in [0, 0.05) is 13.1 Å². The molecule has 0 radical (unpaired) electrons. The summed E-state index contributed by atoms with van der Waals surface area (Å²) >= 11 is 5.96. The molecule has 0 saturated carbocycles. The van der Waals surface area contributed by atoms with Crippen LogP contribution in [0, 0.1) is 5.92 Å². The first kappa shape index (κ1) is 13.7. The number of carboxylic acids is 1. The minimum Gasteiger partial charge on any atom is -0.481 e. The molecule has 5 nitrogen and oxygen atoms in total. The Labute approximate surface area is 116 Å². The molecule has 1 saturated heterocycles. The minimum absolute atomic E-state index is 0.242. The zero-order valence-electron chi connectivity index (χ0n) is 10.3. The number of aliphatic carboxylic acids is 1. The van der Waals surface area contributed by atoms with Gasteiger partial charge in [0.15, 0.2) is 0 Å². The van der Waals surface area contributed by atoms with Crippen LogP contribution in [-0.2, 0) is 4.79 Å². The summed E-state index contributed by atoms with van der Waals surface area (Å²) in [6.07, 6.45) is 1.32. The van der Waals surface area contributed by atoms with Crippen LogP contribution >= 0.6 is 11.6 Å². The predicted octanol–water partition coefficient (Wildman–Crippen LogP) is 2.67. The van der Waals surface area contributed by atoms with Crippen molar-refractivity contribution in [3.05, 3.63) is 29.3 Å². The molecule has 0 bridgehead atoms. The quantitative estimate of drug-likeness (QED) is 0.876. The van der Waals surface area contributed by atoms with Crippen molar-refractivity contribution >= 4 is 29.3 Å². The average molecular weight is 283 g/mol. The molecule has 19 heavy (non-hydrogen) atoms. The van der Waals surface area contributed by atoms with Crippen LogP contribution in [0.15, 0.2) is 24.3 Å². The van der Waals surface area contributed by atoms with Crippen molar-refractivity contribution in [3.8, 4) is 0 Å². The summed E-state index contributed by atoms with van der Waals surface area (Å²) in [6, 6.07) is 6.64. The normalized spacial score (nSPS) is 19.0. The molecule has 1 aromatic rings. The van der Waals surface area contributed by atoms with Gasteiger partial charge in [0.05, 0.1) is 16.6 Å². The van der Waals surface area contributed by atoms with Crippen molar-refractivity contribution < 1.29 is 14.7 Å². The second-order valence-electron chi connectivity index (χ2n) is 4.53. The van der Waals surface area contributed by atoms with Crippen LogP contribution < -0.4 is 5.32 Å². The molecule has 1 atom stereocenters. The lowest BCUT2D eigenvalue weighted by molar-refractivity contribution is -0.143. The molecular weight excluding hydrogens is 268 g/mol. The SMILES string of the molecule is O=C(O)C1CCCN(C(=O)Nc2ccccc2Cl)C1. The lowest BCUT2D eigenvalue weighted by Gasteiger charge is -2.30. The van der Waals surface area contributed by atoms with Crippen LogP contribution in [0.4, 0.5) is 10.5 Å². The second-order valence-corrected chi connectivity index (χ2v) is 4.94. The first-order valence-electron chi connectivity index (χ1n) is 6.11. The highest BCUT2D eigenvalue weighted by Gasteiger charge is 2.28. The standard InChI is InChI=1S/C13H15ClN2O3/c14-10-5-1-2-6-11(10)15-13(19)16-7-3-4-9(8-16)12(17)18/h1-2,5-6,9H,3-4,7-8H2,(H,15,19)(H,17,18). The summed E-state index contributed by atoms with van der Waals surface area (Å²) < 4.78 is 0. The van der Waals surface area contributed by atoms with Crippen LogP contribution in [0.5, 0.6) is 0 Å². The van der Waals surface area contributed by atoms with E-state index in [1.807, 2.05) is 0 Å². The van der Waals surface area contributed by atoms with E-state index >= 15 is 0 Å². The van der Waals surface area contributed by atoms with Crippen molar-refractivity contribution in [2.75, 3.05) is 18.4 Å². The highest BCUT2D eigenvalue weighted by Crippen LogP contribution is 2.22. The number of carbonyl (C=O) groups is 2. The lowest BCUT2D eigenvalue weighted by Crippen LogP contribution is -2.44. The van der Waals surface area contributed by atoms with E-state index < -0.39 is 11.9 Å². The molecule has 0 aliphatic carbocycles. The zero-order chi connectivity index (χ0) is 13.8. The number of likely N-dealkylation sites (tertiary alicyclic amines) is 1. The Morgan fingerprint density at radius 1 is 1.37 bits per heavy atom. The van der Waals surface area contributed by atoms with E-state index in [-0.39, 0.29) is 12.6 Å². The summed E-state index contributed by atoms with van der Waals surface area (Å²) in [5.74, 6) is -1.33. The predicted molar refractivity (Wildman–Crippen MR) is 72.4 cm³/mol. The number of carboxylic acid groups (broad SMARTS) is 1. The Kier molecular flexibility index (Phi) is 4.27. The summed E-state index contributed by atoms with van der Waals surface area (Å²) in [4.78, 5) is 24.5. The van der Waals surface area contributed by atoms with E-state index in [0.717, 1.165) is 0 Å². The topological polar surface area (TPSA) is 69.6 Å². The zero-order valence-corrected chi connectivity index (χ0v) is 11.1. The van der Waals surface area contributed by atoms with E-state index in [2.05, 4.69) is 5.32 Å². The molecule has 1 heterocycles. The molecule has 102 valence electrons. The van der Waals surface area contributed by atoms with Crippen LogP contribution in [0.3, 0.4) is 0 Å². The van der Waals surface area contributed by atoms with Gasteiger partial charge >= 0.3 is 12.0 Å². The number of amides is 2. The summed E-state index contributed by atoms with van der Waals surface area (Å²) in [5.41, 5.74) is 0.534.